The molecule has 0 aliphatic carbocycles. The van der Waals surface area contributed by atoms with Crippen LogP contribution in [0.25, 0.3) is 0 Å². The summed E-state index contributed by atoms with van der Waals surface area (Å²) in [7, 11) is 0. The zero-order chi connectivity index (χ0) is 24.9. The summed E-state index contributed by atoms with van der Waals surface area (Å²) in [5, 5.41) is 3.41. The van der Waals surface area contributed by atoms with Gasteiger partial charge in [0.05, 0.1) is 18.3 Å². The third-order valence-electron chi connectivity index (χ3n) is 5.94. The van der Waals surface area contributed by atoms with Gasteiger partial charge in [-0.3, -0.25) is 19.7 Å². The van der Waals surface area contributed by atoms with Gasteiger partial charge in [-0.05, 0) is 49.6 Å². The van der Waals surface area contributed by atoms with Gasteiger partial charge in [-0.25, -0.2) is 0 Å². The standard InChI is InChI=1S/C22H28F3N3O5S/c1-3-32-18(29)14-28-20(31)17(8-13-34-2)26-21(28)9-11-27(12-10-21)19(30)15-4-6-16(7-5-15)33-22(23,24)25/h4-7,17,26H,3,8-14H2,1-2H3. The van der Waals surface area contributed by atoms with E-state index >= 15 is 0 Å². The molecule has 1 atom stereocenters. The Labute approximate surface area is 200 Å². The van der Waals surface area contributed by atoms with Crippen LogP contribution in [0.5, 0.6) is 5.75 Å². The number of carbonyl (C=O) groups excluding carboxylic acids is 3. The second-order valence-electron chi connectivity index (χ2n) is 8.10. The monoisotopic (exact) mass is 503 g/mol. The first-order chi connectivity index (χ1) is 16.1. The van der Waals surface area contributed by atoms with E-state index in [4.69, 9.17) is 4.74 Å². The number of likely N-dealkylation sites (tertiary alicyclic amines) is 1. The van der Waals surface area contributed by atoms with Crippen LogP contribution in [0.1, 0.15) is 36.5 Å². The Bertz CT molecular complexity index is 889. The first-order valence-corrected chi connectivity index (χ1v) is 12.4. The first kappa shape index (κ1) is 26.1. The molecule has 2 heterocycles. The molecular weight excluding hydrogens is 475 g/mol. The molecule has 8 nitrogen and oxygen atoms in total. The molecule has 2 aliphatic rings. The van der Waals surface area contributed by atoms with Crippen molar-refractivity contribution < 1.29 is 37.0 Å². The average Bonchev–Trinajstić information content (AvgIpc) is 3.03. The third-order valence-corrected chi connectivity index (χ3v) is 6.58. The van der Waals surface area contributed by atoms with Crippen molar-refractivity contribution in [2.75, 3.05) is 38.2 Å². The fourth-order valence-corrected chi connectivity index (χ4v) is 4.81. The van der Waals surface area contributed by atoms with Crippen LogP contribution < -0.4 is 10.1 Å². The Morgan fingerprint density at radius 1 is 1.21 bits per heavy atom. The van der Waals surface area contributed by atoms with Gasteiger partial charge in [0.2, 0.25) is 5.91 Å². The van der Waals surface area contributed by atoms with E-state index in [0.29, 0.717) is 32.4 Å². The van der Waals surface area contributed by atoms with Crippen LogP contribution in [0.3, 0.4) is 0 Å². The Kier molecular flexibility index (Phi) is 8.34. The van der Waals surface area contributed by atoms with Gasteiger partial charge in [0.25, 0.3) is 5.91 Å². The van der Waals surface area contributed by atoms with Gasteiger partial charge < -0.3 is 19.3 Å². The number of piperidine rings is 1. The molecule has 2 aliphatic heterocycles. The normalized spacial score (nSPS) is 20.0. The zero-order valence-corrected chi connectivity index (χ0v) is 19.8. The highest BCUT2D eigenvalue weighted by atomic mass is 32.2. The number of benzene rings is 1. The van der Waals surface area contributed by atoms with Crippen molar-refractivity contribution in [3.63, 3.8) is 0 Å². The van der Waals surface area contributed by atoms with Crippen LogP contribution in [0.2, 0.25) is 0 Å². The van der Waals surface area contributed by atoms with Crippen molar-refractivity contribution in [2.45, 2.75) is 44.3 Å². The zero-order valence-electron chi connectivity index (χ0n) is 19.0. The molecule has 34 heavy (non-hydrogen) atoms. The quantitative estimate of drug-likeness (QED) is 0.546. The molecule has 1 aromatic carbocycles. The van der Waals surface area contributed by atoms with E-state index in [1.807, 2.05) is 6.26 Å². The van der Waals surface area contributed by atoms with E-state index in [1.165, 1.54) is 12.1 Å². The second kappa shape index (κ2) is 10.9. The Morgan fingerprint density at radius 2 is 1.85 bits per heavy atom. The fraction of sp³-hybridized carbons (Fsp3) is 0.591. The second-order valence-corrected chi connectivity index (χ2v) is 9.09. The molecule has 1 spiro atoms. The molecule has 2 saturated heterocycles. The van der Waals surface area contributed by atoms with E-state index < -0.39 is 29.8 Å². The number of amides is 2. The van der Waals surface area contributed by atoms with Crippen molar-refractivity contribution in [1.82, 2.24) is 15.1 Å². The number of nitrogens with zero attached hydrogens (tertiary/aromatic N) is 2. The number of carbonyl (C=O) groups is 3. The lowest BCUT2D eigenvalue weighted by molar-refractivity contribution is -0.274. The van der Waals surface area contributed by atoms with Crippen molar-refractivity contribution >= 4 is 29.5 Å². The average molecular weight is 504 g/mol. The van der Waals surface area contributed by atoms with Crippen LogP contribution in [-0.4, -0.2) is 83.9 Å². The fourth-order valence-electron chi connectivity index (χ4n) is 4.34. The number of esters is 1. The number of alkyl halides is 3. The maximum atomic E-state index is 13.1. The molecule has 2 fully saturated rings. The molecule has 1 N–H and O–H groups in total. The van der Waals surface area contributed by atoms with Gasteiger partial charge in [0, 0.05) is 31.5 Å². The molecule has 0 saturated carbocycles. The molecule has 1 unspecified atom stereocenters. The number of ether oxygens (including phenoxy) is 2. The predicted molar refractivity (Wildman–Crippen MR) is 119 cm³/mol. The molecule has 0 aromatic heterocycles. The van der Waals surface area contributed by atoms with Gasteiger partial charge in [0.1, 0.15) is 12.3 Å². The van der Waals surface area contributed by atoms with Crippen molar-refractivity contribution in [1.29, 1.82) is 0 Å². The maximum Gasteiger partial charge on any atom is 0.573 e. The minimum absolute atomic E-state index is 0.151. The van der Waals surface area contributed by atoms with Crippen LogP contribution in [0, 0.1) is 0 Å². The van der Waals surface area contributed by atoms with E-state index in [2.05, 4.69) is 10.1 Å². The highest BCUT2D eigenvalue weighted by Gasteiger charge is 2.52. The van der Waals surface area contributed by atoms with Gasteiger partial charge in [-0.1, -0.05) is 0 Å². The number of nitrogens with one attached hydrogen (secondary N) is 1. The summed E-state index contributed by atoms with van der Waals surface area (Å²) in [6.07, 6.45) is -1.40. The van der Waals surface area contributed by atoms with Crippen LogP contribution in [0.4, 0.5) is 13.2 Å². The van der Waals surface area contributed by atoms with Gasteiger partial charge in [-0.15, -0.1) is 13.2 Å². The summed E-state index contributed by atoms with van der Waals surface area (Å²) in [6.45, 7) is 2.38. The summed E-state index contributed by atoms with van der Waals surface area (Å²) >= 11 is 1.63. The molecule has 0 bridgehead atoms. The largest absolute Gasteiger partial charge is 0.573 e. The lowest BCUT2D eigenvalue weighted by Gasteiger charge is -2.44. The molecular formula is C22H28F3N3O5S. The molecule has 188 valence electrons. The van der Waals surface area contributed by atoms with E-state index in [9.17, 15) is 27.6 Å². The first-order valence-electron chi connectivity index (χ1n) is 11.0. The highest BCUT2D eigenvalue weighted by molar-refractivity contribution is 7.98. The number of hydrogen-bond donors (Lipinski definition) is 1. The van der Waals surface area contributed by atoms with Gasteiger partial charge >= 0.3 is 12.3 Å². The summed E-state index contributed by atoms with van der Waals surface area (Å²) in [5.74, 6) is -0.579. The molecule has 12 heteroatoms. The predicted octanol–water partition coefficient (Wildman–Crippen LogP) is 2.63. The summed E-state index contributed by atoms with van der Waals surface area (Å²) in [4.78, 5) is 41.3. The Morgan fingerprint density at radius 3 is 2.41 bits per heavy atom. The number of hydrogen-bond acceptors (Lipinski definition) is 7. The summed E-state index contributed by atoms with van der Waals surface area (Å²) < 4.78 is 46.0. The number of halogens is 3. The molecule has 0 radical (unpaired) electrons. The van der Waals surface area contributed by atoms with E-state index in [1.54, 1.807) is 28.5 Å². The van der Waals surface area contributed by atoms with Crippen molar-refractivity contribution in [3.05, 3.63) is 29.8 Å². The van der Waals surface area contributed by atoms with Crippen LogP contribution in [0.15, 0.2) is 24.3 Å². The minimum atomic E-state index is -4.80. The lowest BCUT2D eigenvalue weighted by atomic mass is 9.95. The number of rotatable bonds is 8. The van der Waals surface area contributed by atoms with Gasteiger partial charge in [-0.2, -0.15) is 11.8 Å². The minimum Gasteiger partial charge on any atom is -0.465 e. The molecule has 2 amide bonds. The topological polar surface area (TPSA) is 88.2 Å². The van der Waals surface area contributed by atoms with Crippen molar-refractivity contribution in [2.24, 2.45) is 0 Å². The summed E-state index contributed by atoms with van der Waals surface area (Å²) in [6, 6.07) is 4.36. The van der Waals surface area contributed by atoms with Crippen LogP contribution in [-0.2, 0) is 14.3 Å². The molecule has 1 aromatic rings. The highest BCUT2D eigenvalue weighted by Crippen LogP contribution is 2.34. The van der Waals surface area contributed by atoms with Gasteiger partial charge in [0.15, 0.2) is 0 Å². The number of thioether (sulfide) groups is 1. The van der Waals surface area contributed by atoms with E-state index in [0.717, 1.165) is 17.9 Å². The Balaban J connectivity index is 1.68. The third kappa shape index (κ3) is 6.15. The van der Waals surface area contributed by atoms with E-state index in [-0.39, 0.29) is 30.5 Å². The summed E-state index contributed by atoms with van der Waals surface area (Å²) in [5.41, 5.74) is -0.518. The van der Waals surface area contributed by atoms with Crippen LogP contribution >= 0.6 is 11.8 Å². The SMILES string of the molecule is CCOC(=O)CN1C(=O)C(CCSC)NC12CCN(C(=O)c1ccc(OC(F)(F)F)cc1)CC2. The van der Waals surface area contributed by atoms with Crippen molar-refractivity contribution in [3.8, 4) is 5.75 Å². The maximum absolute atomic E-state index is 13.1. The Hall–Kier alpha value is -2.47. The lowest BCUT2D eigenvalue weighted by Crippen LogP contribution is -2.60. The molecule has 3 rings (SSSR count). The smallest absolute Gasteiger partial charge is 0.465 e.